The van der Waals surface area contributed by atoms with Gasteiger partial charge in [-0.15, -0.1) is 24.8 Å². The van der Waals surface area contributed by atoms with Crippen LogP contribution in [0.1, 0.15) is 29.3 Å². The SMILES string of the molecule is Cc1ccc(-c2cncc(C(=O)NCCC(C)N)c2)cc1.Cl.Cl. The van der Waals surface area contributed by atoms with E-state index < -0.39 is 0 Å². The molecule has 1 unspecified atom stereocenters. The van der Waals surface area contributed by atoms with Crippen molar-refractivity contribution in [1.82, 2.24) is 10.3 Å². The van der Waals surface area contributed by atoms with Gasteiger partial charge in [0.05, 0.1) is 5.56 Å². The summed E-state index contributed by atoms with van der Waals surface area (Å²) in [6.45, 7) is 4.54. The number of benzene rings is 1. The van der Waals surface area contributed by atoms with Gasteiger partial charge in [0.25, 0.3) is 5.91 Å². The molecule has 2 rings (SSSR count). The van der Waals surface area contributed by atoms with Crippen LogP contribution in [0, 0.1) is 6.92 Å². The standard InChI is InChI=1S/C17H21N3O.2ClH/c1-12-3-5-14(6-4-12)15-9-16(11-19-10-15)17(21)20-8-7-13(2)18;;/h3-6,9-11,13H,7-8,18H2,1-2H3,(H,20,21);2*1H. The lowest BCUT2D eigenvalue weighted by molar-refractivity contribution is 0.0952. The summed E-state index contributed by atoms with van der Waals surface area (Å²) in [5.74, 6) is -0.114. The second-order valence-electron chi connectivity index (χ2n) is 5.35. The van der Waals surface area contributed by atoms with Gasteiger partial charge < -0.3 is 11.1 Å². The van der Waals surface area contributed by atoms with Crippen molar-refractivity contribution in [1.29, 1.82) is 0 Å². The number of carbonyl (C=O) groups excluding carboxylic acids is 1. The number of nitrogens with zero attached hydrogens (tertiary/aromatic N) is 1. The smallest absolute Gasteiger partial charge is 0.252 e. The lowest BCUT2D eigenvalue weighted by Gasteiger charge is -2.08. The zero-order valence-electron chi connectivity index (χ0n) is 13.3. The van der Waals surface area contributed by atoms with Gasteiger partial charge in [0, 0.05) is 30.5 Å². The summed E-state index contributed by atoms with van der Waals surface area (Å²) < 4.78 is 0. The summed E-state index contributed by atoms with van der Waals surface area (Å²) in [6.07, 6.45) is 4.11. The van der Waals surface area contributed by atoms with Crippen molar-refractivity contribution in [2.24, 2.45) is 5.73 Å². The summed E-state index contributed by atoms with van der Waals surface area (Å²) in [5.41, 5.74) is 9.43. The Balaban J connectivity index is 0.00000242. The number of hydrogen-bond acceptors (Lipinski definition) is 3. The predicted molar refractivity (Wildman–Crippen MR) is 99.5 cm³/mol. The van der Waals surface area contributed by atoms with E-state index in [2.05, 4.69) is 10.3 Å². The summed E-state index contributed by atoms with van der Waals surface area (Å²) in [7, 11) is 0. The van der Waals surface area contributed by atoms with E-state index in [0.29, 0.717) is 12.1 Å². The van der Waals surface area contributed by atoms with E-state index in [9.17, 15) is 4.79 Å². The van der Waals surface area contributed by atoms with Crippen LogP contribution >= 0.6 is 24.8 Å². The number of nitrogens with one attached hydrogen (secondary N) is 1. The number of aromatic nitrogens is 1. The molecule has 0 saturated carbocycles. The summed E-state index contributed by atoms with van der Waals surface area (Å²) in [5, 5.41) is 2.86. The van der Waals surface area contributed by atoms with Gasteiger partial charge in [0.2, 0.25) is 0 Å². The van der Waals surface area contributed by atoms with Gasteiger partial charge in [0.1, 0.15) is 0 Å². The van der Waals surface area contributed by atoms with E-state index in [4.69, 9.17) is 5.73 Å². The molecule has 1 amide bonds. The molecule has 4 nitrogen and oxygen atoms in total. The molecule has 0 aliphatic carbocycles. The molecule has 0 bridgehead atoms. The summed E-state index contributed by atoms with van der Waals surface area (Å²) in [6, 6.07) is 10.1. The largest absolute Gasteiger partial charge is 0.352 e. The monoisotopic (exact) mass is 355 g/mol. The van der Waals surface area contributed by atoms with Crippen LogP contribution < -0.4 is 11.1 Å². The fourth-order valence-electron chi connectivity index (χ4n) is 1.98. The number of pyridine rings is 1. The molecule has 1 aromatic carbocycles. The highest BCUT2D eigenvalue weighted by atomic mass is 35.5. The highest BCUT2D eigenvalue weighted by Crippen LogP contribution is 2.19. The van der Waals surface area contributed by atoms with E-state index in [1.807, 2.05) is 44.2 Å². The average molecular weight is 356 g/mol. The molecule has 0 saturated heterocycles. The number of halogens is 2. The summed E-state index contributed by atoms with van der Waals surface area (Å²) >= 11 is 0. The van der Waals surface area contributed by atoms with Gasteiger partial charge in [-0.3, -0.25) is 9.78 Å². The minimum absolute atomic E-state index is 0. The van der Waals surface area contributed by atoms with Crippen molar-refractivity contribution in [3.63, 3.8) is 0 Å². The third-order valence-electron chi connectivity index (χ3n) is 3.27. The Bertz CT molecular complexity index is 615. The minimum atomic E-state index is -0.114. The van der Waals surface area contributed by atoms with Gasteiger partial charge in [-0.2, -0.15) is 0 Å². The van der Waals surface area contributed by atoms with Crippen LogP contribution in [0.3, 0.4) is 0 Å². The number of nitrogens with two attached hydrogens (primary N) is 1. The Morgan fingerprint density at radius 1 is 1.17 bits per heavy atom. The van der Waals surface area contributed by atoms with Crippen LogP contribution in [0.2, 0.25) is 0 Å². The molecule has 1 heterocycles. The van der Waals surface area contributed by atoms with Gasteiger partial charge >= 0.3 is 0 Å². The zero-order chi connectivity index (χ0) is 15.2. The van der Waals surface area contributed by atoms with E-state index >= 15 is 0 Å². The maximum Gasteiger partial charge on any atom is 0.252 e. The average Bonchev–Trinajstić information content (AvgIpc) is 2.47. The van der Waals surface area contributed by atoms with Crippen molar-refractivity contribution < 1.29 is 4.79 Å². The molecule has 1 aromatic heterocycles. The maximum atomic E-state index is 12.1. The Morgan fingerprint density at radius 2 is 1.83 bits per heavy atom. The van der Waals surface area contributed by atoms with E-state index in [1.54, 1.807) is 12.4 Å². The number of carbonyl (C=O) groups is 1. The normalized spacial score (nSPS) is 10.9. The molecule has 0 spiro atoms. The molecule has 0 radical (unpaired) electrons. The topological polar surface area (TPSA) is 68.0 Å². The fraction of sp³-hybridized carbons (Fsp3) is 0.294. The zero-order valence-corrected chi connectivity index (χ0v) is 14.9. The Hall–Kier alpha value is -1.62. The maximum absolute atomic E-state index is 12.1. The third-order valence-corrected chi connectivity index (χ3v) is 3.27. The molecule has 0 fully saturated rings. The molecule has 3 N–H and O–H groups in total. The number of aryl methyl sites for hydroxylation is 1. The van der Waals surface area contributed by atoms with Crippen LogP contribution in [0.4, 0.5) is 0 Å². The van der Waals surface area contributed by atoms with Crippen molar-refractivity contribution in [2.45, 2.75) is 26.3 Å². The quantitative estimate of drug-likeness (QED) is 0.863. The molecular weight excluding hydrogens is 333 g/mol. The van der Waals surface area contributed by atoms with Crippen LogP contribution in [0.25, 0.3) is 11.1 Å². The molecule has 0 aliphatic heterocycles. The first-order valence-electron chi connectivity index (χ1n) is 7.12. The lowest BCUT2D eigenvalue weighted by Crippen LogP contribution is -2.29. The van der Waals surface area contributed by atoms with Crippen molar-refractivity contribution >= 4 is 30.7 Å². The van der Waals surface area contributed by atoms with Gasteiger partial charge in [-0.25, -0.2) is 0 Å². The fourth-order valence-corrected chi connectivity index (χ4v) is 1.98. The number of amides is 1. The minimum Gasteiger partial charge on any atom is -0.352 e. The first-order valence-corrected chi connectivity index (χ1v) is 7.12. The third kappa shape index (κ3) is 6.57. The van der Waals surface area contributed by atoms with E-state index in [-0.39, 0.29) is 36.8 Å². The van der Waals surface area contributed by atoms with Crippen molar-refractivity contribution in [3.05, 3.63) is 53.9 Å². The first kappa shape index (κ1) is 21.4. The van der Waals surface area contributed by atoms with Gasteiger partial charge in [-0.05, 0) is 31.9 Å². The highest BCUT2D eigenvalue weighted by Gasteiger charge is 2.08. The Labute approximate surface area is 149 Å². The Morgan fingerprint density at radius 3 is 2.43 bits per heavy atom. The second-order valence-corrected chi connectivity index (χ2v) is 5.35. The van der Waals surface area contributed by atoms with Crippen LogP contribution in [0.5, 0.6) is 0 Å². The molecule has 126 valence electrons. The number of rotatable bonds is 5. The van der Waals surface area contributed by atoms with Gasteiger partial charge in [0.15, 0.2) is 0 Å². The Kier molecular flexibility index (Phi) is 9.49. The molecule has 0 aliphatic rings. The van der Waals surface area contributed by atoms with Gasteiger partial charge in [-0.1, -0.05) is 29.8 Å². The first-order chi connectivity index (χ1) is 10.1. The van der Waals surface area contributed by atoms with Crippen LogP contribution in [-0.4, -0.2) is 23.5 Å². The van der Waals surface area contributed by atoms with Crippen LogP contribution in [0.15, 0.2) is 42.7 Å². The van der Waals surface area contributed by atoms with E-state index in [1.165, 1.54) is 5.56 Å². The second kappa shape index (κ2) is 10.2. The molecule has 1 atom stereocenters. The number of hydrogen-bond donors (Lipinski definition) is 2. The molecular formula is C17H23Cl2N3O. The highest BCUT2D eigenvalue weighted by molar-refractivity contribution is 5.95. The van der Waals surface area contributed by atoms with E-state index in [0.717, 1.165) is 17.5 Å². The molecule has 6 heteroatoms. The summed E-state index contributed by atoms with van der Waals surface area (Å²) in [4.78, 5) is 16.2. The molecule has 23 heavy (non-hydrogen) atoms. The molecule has 2 aromatic rings. The van der Waals surface area contributed by atoms with Crippen molar-refractivity contribution in [3.8, 4) is 11.1 Å². The predicted octanol–water partition coefficient (Wildman–Crippen LogP) is 3.37. The lowest BCUT2D eigenvalue weighted by atomic mass is 10.0. The van der Waals surface area contributed by atoms with Crippen molar-refractivity contribution in [2.75, 3.05) is 6.54 Å². The van der Waals surface area contributed by atoms with Crippen LogP contribution in [-0.2, 0) is 0 Å².